The number of ether oxygens (including phenoxy) is 1. The lowest BCUT2D eigenvalue weighted by atomic mass is 9.97. The van der Waals surface area contributed by atoms with Crippen molar-refractivity contribution in [3.05, 3.63) is 60.3 Å². The van der Waals surface area contributed by atoms with Crippen molar-refractivity contribution < 1.29 is 33.2 Å². The molecule has 0 bridgehead atoms. The van der Waals surface area contributed by atoms with Gasteiger partial charge in [-0.1, -0.05) is 17.0 Å². The Hall–Kier alpha value is -2.51. The fourth-order valence-electron chi connectivity index (χ4n) is 3.29. The van der Waals surface area contributed by atoms with E-state index in [2.05, 4.69) is 15.3 Å². The van der Waals surface area contributed by atoms with E-state index in [1.165, 1.54) is 6.20 Å². The van der Waals surface area contributed by atoms with Gasteiger partial charge in [0.05, 0.1) is 12.8 Å². The average Bonchev–Trinajstić information content (AvgIpc) is 3.24. The van der Waals surface area contributed by atoms with Crippen LogP contribution in [0.3, 0.4) is 0 Å². The van der Waals surface area contributed by atoms with Crippen molar-refractivity contribution in [1.82, 2.24) is 20.0 Å². The van der Waals surface area contributed by atoms with E-state index in [-0.39, 0.29) is 11.3 Å². The Morgan fingerprint density at radius 1 is 1.06 bits per heavy atom. The SMILES string of the molecule is OCC1O[C@H](Sc2ccncc2)C(O)[C@@H](n2cc(-c3cc(F)c(F)c(F)c3)nn2)[C@H]1O. The number of aliphatic hydroxyl groups is 3. The quantitative estimate of drug-likeness (QED) is 0.498. The molecule has 4 rings (SSSR count). The molecule has 0 radical (unpaired) electrons. The number of hydrogen-bond acceptors (Lipinski definition) is 8. The Balaban J connectivity index is 1.64. The number of pyridine rings is 1. The summed E-state index contributed by atoms with van der Waals surface area (Å²) in [6.45, 7) is -0.520. The molecule has 12 heteroatoms. The molecule has 3 N–H and O–H groups in total. The van der Waals surface area contributed by atoms with E-state index in [0.29, 0.717) is 0 Å². The Bertz CT molecular complexity index is 1030. The topological polar surface area (TPSA) is 114 Å². The van der Waals surface area contributed by atoms with Crippen LogP contribution < -0.4 is 0 Å². The third-order valence-electron chi connectivity index (χ3n) is 4.85. The molecule has 1 saturated heterocycles. The van der Waals surface area contributed by atoms with Crippen molar-refractivity contribution in [3.8, 4) is 11.3 Å². The van der Waals surface area contributed by atoms with E-state index < -0.39 is 53.8 Å². The first kappa shape index (κ1) is 21.7. The lowest BCUT2D eigenvalue weighted by Gasteiger charge is -2.41. The monoisotopic (exact) mass is 454 g/mol. The molecule has 0 saturated carbocycles. The molecule has 1 aliphatic heterocycles. The van der Waals surface area contributed by atoms with E-state index in [9.17, 15) is 28.5 Å². The van der Waals surface area contributed by atoms with Gasteiger partial charge in [-0.3, -0.25) is 4.98 Å². The van der Waals surface area contributed by atoms with E-state index in [1.54, 1.807) is 24.5 Å². The number of aliphatic hydroxyl groups excluding tert-OH is 3. The summed E-state index contributed by atoms with van der Waals surface area (Å²) in [5, 5.41) is 38.8. The van der Waals surface area contributed by atoms with Gasteiger partial charge in [-0.25, -0.2) is 17.9 Å². The average molecular weight is 454 g/mol. The fourth-order valence-corrected chi connectivity index (χ4v) is 4.33. The summed E-state index contributed by atoms with van der Waals surface area (Å²) in [6, 6.07) is 3.87. The Morgan fingerprint density at radius 2 is 1.74 bits per heavy atom. The van der Waals surface area contributed by atoms with Crippen LogP contribution in [0, 0.1) is 17.5 Å². The second-order valence-electron chi connectivity index (χ2n) is 6.84. The molecule has 164 valence electrons. The fraction of sp³-hybridized carbons (Fsp3) is 0.316. The molecule has 3 aromatic rings. The number of nitrogens with zero attached hydrogens (tertiary/aromatic N) is 4. The molecule has 0 amide bonds. The molecule has 1 aliphatic rings. The normalized spacial score (nSPS) is 26.2. The second kappa shape index (κ2) is 8.93. The number of hydrogen-bond donors (Lipinski definition) is 3. The van der Waals surface area contributed by atoms with Crippen LogP contribution in [0.2, 0.25) is 0 Å². The maximum absolute atomic E-state index is 13.6. The number of benzene rings is 1. The van der Waals surface area contributed by atoms with Crippen LogP contribution in [0.4, 0.5) is 13.2 Å². The van der Waals surface area contributed by atoms with Crippen molar-refractivity contribution in [3.63, 3.8) is 0 Å². The van der Waals surface area contributed by atoms with Crippen molar-refractivity contribution in [2.75, 3.05) is 6.61 Å². The highest BCUT2D eigenvalue weighted by molar-refractivity contribution is 7.99. The molecule has 0 aliphatic carbocycles. The smallest absolute Gasteiger partial charge is 0.194 e. The van der Waals surface area contributed by atoms with Gasteiger partial charge in [0.2, 0.25) is 0 Å². The molecule has 8 nitrogen and oxygen atoms in total. The van der Waals surface area contributed by atoms with Crippen LogP contribution >= 0.6 is 11.8 Å². The van der Waals surface area contributed by atoms with Gasteiger partial charge >= 0.3 is 0 Å². The second-order valence-corrected chi connectivity index (χ2v) is 8.01. The summed E-state index contributed by atoms with van der Waals surface area (Å²) in [5.41, 5.74) is -0.941. The molecule has 2 unspecified atom stereocenters. The summed E-state index contributed by atoms with van der Waals surface area (Å²) >= 11 is 1.16. The summed E-state index contributed by atoms with van der Waals surface area (Å²) in [7, 11) is 0. The minimum Gasteiger partial charge on any atom is -0.394 e. The first-order valence-corrected chi connectivity index (χ1v) is 10.0. The lowest BCUT2D eigenvalue weighted by molar-refractivity contribution is -0.178. The van der Waals surface area contributed by atoms with Crippen molar-refractivity contribution >= 4 is 11.8 Å². The van der Waals surface area contributed by atoms with Gasteiger partial charge in [-0.05, 0) is 24.3 Å². The summed E-state index contributed by atoms with van der Waals surface area (Å²) in [5.74, 6) is -4.37. The van der Waals surface area contributed by atoms with Gasteiger partial charge in [0.1, 0.15) is 35.5 Å². The van der Waals surface area contributed by atoms with Crippen molar-refractivity contribution in [1.29, 1.82) is 0 Å². The third kappa shape index (κ3) is 4.29. The number of halogens is 3. The molecule has 0 spiro atoms. The summed E-state index contributed by atoms with van der Waals surface area (Å²) in [6.07, 6.45) is 0.728. The maximum Gasteiger partial charge on any atom is 0.194 e. The van der Waals surface area contributed by atoms with Gasteiger partial charge in [0.25, 0.3) is 0 Å². The van der Waals surface area contributed by atoms with Crippen molar-refractivity contribution in [2.24, 2.45) is 0 Å². The van der Waals surface area contributed by atoms with Gasteiger partial charge in [0, 0.05) is 22.9 Å². The molecule has 1 aromatic carbocycles. The predicted molar refractivity (Wildman–Crippen MR) is 102 cm³/mol. The lowest BCUT2D eigenvalue weighted by Crippen LogP contribution is -2.55. The van der Waals surface area contributed by atoms with Crippen molar-refractivity contribution in [2.45, 2.75) is 34.7 Å². The maximum atomic E-state index is 13.6. The molecule has 2 aromatic heterocycles. The first-order chi connectivity index (χ1) is 14.9. The zero-order chi connectivity index (χ0) is 22.1. The molecular weight excluding hydrogens is 437 g/mol. The predicted octanol–water partition coefficient (Wildman–Crippen LogP) is 1.53. The summed E-state index contributed by atoms with van der Waals surface area (Å²) < 4.78 is 47.1. The molecule has 5 atom stereocenters. The zero-order valence-corrected chi connectivity index (χ0v) is 16.5. The van der Waals surface area contributed by atoms with Gasteiger partial charge < -0.3 is 20.1 Å². The minimum atomic E-state index is -1.60. The largest absolute Gasteiger partial charge is 0.394 e. The third-order valence-corrected chi connectivity index (χ3v) is 6.01. The number of rotatable bonds is 5. The van der Waals surface area contributed by atoms with Crippen LogP contribution in [0.25, 0.3) is 11.3 Å². The number of aromatic nitrogens is 4. The van der Waals surface area contributed by atoms with Crippen LogP contribution in [0.15, 0.2) is 47.8 Å². The van der Waals surface area contributed by atoms with Gasteiger partial charge in [-0.15, -0.1) is 5.10 Å². The molecule has 3 heterocycles. The van der Waals surface area contributed by atoms with Gasteiger partial charge in [-0.2, -0.15) is 0 Å². The van der Waals surface area contributed by atoms with E-state index in [4.69, 9.17) is 4.74 Å². The summed E-state index contributed by atoms with van der Waals surface area (Å²) in [4.78, 5) is 4.65. The van der Waals surface area contributed by atoms with E-state index >= 15 is 0 Å². The Kier molecular flexibility index (Phi) is 6.25. The highest BCUT2D eigenvalue weighted by atomic mass is 32.2. The Labute approximate surface area is 178 Å². The van der Waals surface area contributed by atoms with Crippen LogP contribution in [0.1, 0.15) is 6.04 Å². The van der Waals surface area contributed by atoms with E-state index in [1.807, 2.05) is 0 Å². The van der Waals surface area contributed by atoms with Crippen LogP contribution in [-0.2, 0) is 4.74 Å². The molecular formula is C19H17F3N4O4S. The zero-order valence-electron chi connectivity index (χ0n) is 15.7. The highest BCUT2D eigenvalue weighted by Gasteiger charge is 2.46. The highest BCUT2D eigenvalue weighted by Crippen LogP contribution is 2.38. The van der Waals surface area contributed by atoms with E-state index in [0.717, 1.165) is 33.5 Å². The van der Waals surface area contributed by atoms with Crippen LogP contribution in [-0.4, -0.2) is 65.7 Å². The Morgan fingerprint density at radius 3 is 2.39 bits per heavy atom. The molecule has 31 heavy (non-hydrogen) atoms. The minimum absolute atomic E-state index is 0.00239. The number of thioether (sulfide) groups is 1. The standard InChI is InChI=1S/C19H17F3N4O4S/c20-11-5-9(6-12(21)15(11)22)13-7-26(25-24-13)16-17(28)14(8-27)30-19(18(16)29)31-10-1-3-23-4-2-10/h1-7,14,16-19,27-29H,8H2/t14?,16-,17-,18?,19+/m0/s1. The van der Waals surface area contributed by atoms with Gasteiger partial charge in [0.15, 0.2) is 17.5 Å². The van der Waals surface area contributed by atoms with Crippen LogP contribution in [0.5, 0.6) is 0 Å². The molecule has 1 fully saturated rings. The first-order valence-electron chi connectivity index (χ1n) is 9.15.